The Morgan fingerprint density at radius 2 is 1.46 bits per heavy atom. The second-order valence-corrected chi connectivity index (χ2v) is 10.6. The molecular formula is C33H25ClN2O3. The van der Waals surface area contributed by atoms with Crippen LogP contribution in [0.2, 0.25) is 5.02 Å². The molecule has 1 aliphatic heterocycles. The van der Waals surface area contributed by atoms with Gasteiger partial charge in [-0.15, -0.1) is 0 Å². The molecule has 0 N–H and O–H groups in total. The van der Waals surface area contributed by atoms with Gasteiger partial charge in [-0.1, -0.05) is 60.1 Å². The lowest BCUT2D eigenvalue weighted by molar-refractivity contribution is -0.122. The van der Waals surface area contributed by atoms with Crippen LogP contribution in [-0.4, -0.2) is 24.6 Å². The summed E-state index contributed by atoms with van der Waals surface area (Å²) in [7, 11) is 0. The van der Waals surface area contributed by atoms with Crippen molar-refractivity contribution in [3.63, 3.8) is 0 Å². The zero-order valence-corrected chi connectivity index (χ0v) is 22.0. The second-order valence-electron chi connectivity index (χ2n) is 10.2. The van der Waals surface area contributed by atoms with E-state index in [9.17, 15) is 9.59 Å². The maximum atomic E-state index is 14.4. The van der Waals surface area contributed by atoms with Crippen molar-refractivity contribution >= 4 is 41.0 Å². The Labute approximate surface area is 231 Å². The van der Waals surface area contributed by atoms with Gasteiger partial charge in [0.1, 0.15) is 5.75 Å². The summed E-state index contributed by atoms with van der Waals surface area (Å²) < 4.78 is 5.58. The fourth-order valence-electron chi connectivity index (χ4n) is 6.87. The van der Waals surface area contributed by atoms with Crippen LogP contribution in [0.15, 0.2) is 102 Å². The van der Waals surface area contributed by atoms with Crippen molar-refractivity contribution < 1.29 is 14.3 Å². The number of anilines is 1. The van der Waals surface area contributed by atoms with Crippen LogP contribution in [0, 0.1) is 11.8 Å². The first-order valence-corrected chi connectivity index (χ1v) is 13.5. The normalized spacial score (nSPS) is 24.6. The summed E-state index contributed by atoms with van der Waals surface area (Å²) in [6.45, 7) is 2.46. The molecule has 3 aliphatic carbocycles. The van der Waals surface area contributed by atoms with E-state index in [1.54, 1.807) is 36.4 Å². The molecule has 0 aromatic heterocycles. The van der Waals surface area contributed by atoms with Gasteiger partial charge in [0.2, 0.25) is 11.8 Å². The Hall–Kier alpha value is -4.22. The van der Waals surface area contributed by atoms with Crippen molar-refractivity contribution in [1.29, 1.82) is 0 Å². The number of hydrogen-bond donors (Lipinski definition) is 0. The van der Waals surface area contributed by atoms with Crippen molar-refractivity contribution in [2.45, 2.75) is 18.3 Å². The van der Waals surface area contributed by atoms with Gasteiger partial charge in [-0.3, -0.25) is 14.6 Å². The summed E-state index contributed by atoms with van der Waals surface area (Å²) in [5.41, 5.74) is 4.60. The maximum absolute atomic E-state index is 14.4. The van der Waals surface area contributed by atoms with Crippen LogP contribution in [0.5, 0.6) is 5.75 Å². The van der Waals surface area contributed by atoms with Gasteiger partial charge in [0.25, 0.3) is 0 Å². The molecule has 192 valence electrons. The summed E-state index contributed by atoms with van der Waals surface area (Å²) in [5, 5.41) is 0.628. The van der Waals surface area contributed by atoms with Crippen molar-refractivity contribution in [2.24, 2.45) is 16.8 Å². The summed E-state index contributed by atoms with van der Waals surface area (Å²) >= 11 is 6.12. The summed E-state index contributed by atoms with van der Waals surface area (Å²) in [6.07, 6.45) is 1.90. The fraction of sp³-hybridized carbons (Fsp3) is 0.182. The molecule has 0 spiro atoms. The van der Waals surface area contributed by atoms with E-state index in [1.165, 1.54) is 4.90 Å². The molecule has 1 fully saturated rings. The van der Waals surface area contributed by atoms with Gasteiger partial charge in [-0.25, -0.2) is 4.90 Å². The molecule has 2 amide bonds. The van der Waals surface area contributed by atoms with Crippen LogP contribution in [-0.2, 0) is 15.0 Å². The number of nitrogens with zero attached hydrogens (tertiary/aromatic N) is 2. The van der Waals surface area contributed by atoms with Gasteiger partial charge in [-0.2, -0.15) is 0 Å². The fourth-order valence-corrected chi connectivity index (χ4v) is 6.99. The first-order chi connectivity index (χ1) is 19.0. The SMILES string of the molecule is CCOc1ccc(N2C(=O)[C@H]3C4c5ccccc5C(C=Nc5ccc(Cl)cc5)(c5ccccc54)[C@H]3C2=O)cc1. The van der Waals surface area contributed by atoms with E-state index in [4.69, 9.17) is 21.3 Å². The third kappa shape index (κ3) is 3.36. The predicted molar refractivity (Wildman–Crippen MR) is 152 cm³/mol. The molecule has 4 aliphatic rings. The minimum atomic E-state index is -0.904. The van der Waals surface area contributed by atoms with E-state index in [2.05, 4.69) is 24.3 Å². The Kier molecular flexibility index (Phi) is 5.46. The van der Waals surface area contributed by atoms with Gasteiger partial charge in [0, 0.05) is 17.2 Å². The van der Waals surface area contributed by atoms with E-state index in [0.717, 1.165) is 27.9 Å². The molecule has 6 heteroatoms. The van der Waals surface area contributed by atoms with Gasteiger partial charge in [-0.05, 0) is 77.7 Å². The molecule has 1 saturated heterocycles. The number of carbonyl (C=O) groups is 2. The predicted octanol–water partition coefficient (Wildman–Crippen LogP) is 6.69. The number of hydrogen-bond acceptors (Lipinski definition) is 4. The molecule has 0 radical (unpaired) electrons. The Balaban J connectivity index is 1.44. The molecular weight excluding hydrogens is 508 g/mol. The number of amides is 2. The first-order valence-electron chi connectivity index (χ1n) is 13.1. The highest BCUT2D eigenvalue weighted by Crippen LogP contribution is 2.63. The maximum Gasteiger partial charge on any atom is 0.239 e. The van der Waals surface area contributed by atoms with Crippen LogP contribution in [0.25, 0.3) is 0 Å². The van der Waals surface area contributed by atoms with E-state index in [0.29, 0.717) is 23.1 Å². The minimum absolute atomic E-state index is 0.174. The van der Waals surface area contributed by atoms with E-state index in [-0.39, 0.29) is 17.7 Å². The molecule has 2 bridgehead atoms. The van der Waals surface area contributed by atoms with Crippen LogP contribution < -0.4 is 9.64 Å². The Bertz CT molecular complexity index is 1600. The molecule has 0 unspecified atom stereocenters. The Morgan fingerprint density at radius 1 is 0.846 bits per heavy atom. The largest absolute Gasteiger partial charge is 0.494 e. The lowest BCUT2D eigenvalue weighted by Gasteiger charge is -2.52. The highest BCUT2D eigenvalue weighted by Gasteiger charge is 2.67. The van der Waals surface area contributed by atoms with E-state index >= 15 is 0 Å². The molecule has 4 aromatic carbocycles. The van der Waals surface area contributed by atoms with Crippen molar-refractivity contribution in [3.8, 4) is 5.75 Å². The third-order valence-electron chi connectivity index (χ3n) is 8.33. The summed E-state index contributed by atoms with van der Waals surface area (Å²) in [4.78, 5) is 34.9. The number of carbonyl (C=O) groups excluding carboxylic acids is 2. The third-order valence-corrected chi connectivity index (χ3v) is 8.59. The zero-order valence-electron chi connectivity index (χ0n) is 21.3. The Morgan fingerprint density at radius 3 is 2.08 bits per heavy atom. The monoisotopic (exact) mass is 532 g/mol. The van der Waals surface area contributed by atoms with Crippen LogP contribution in [0.1, 0.15) is 35.1 Å². The molecule has 2 atom stereocenters. The molecule has 1 heterocycles. The van der Waals surface area contributed by atoms with Gasteiger partial charge in [0.15, 0.2) is 0 Å². The first kappa shape index (κ1) is 23.9. The number of aliphatic imine (C=N–C) groups is 1. The highest BCUT2D eigenvalue weighted by atomic mass is 35.5. The quantitative estimate of drug-likeness (QED) is 0.212. The molecule has 0 saturated carbocycles. The van der Waals surface area contributed by atoms with Crippen LogP contribution in [0.3, 0.4) is 0 Å². The lowest BCUT2D eigenvalue weighted by atomic mass is 9.47. The van der Waals surface area contributed by atoms with Crippen LogP contribution in [0.4, 0.5) is 11.4 Å². The second kappa shape index (κ2) is 8.92. The molecule has 4 aromatic rings. The number of halogens is 1. The topological polar surface area (TPSA) is 59.0 Å². The van der Waals surface area contributed by atoms with Crippen molar-refractivity contribution in [1.82, 2.24) is 0 Å². The van der Waals surface area contributed by atoms with E-state index < -0.39 is 17.3 Å². The standard InChI is InChI=1S/C33H25ClN2O3/c1-2-39-23-17-15-22(16-18-23)36-31(37)29-28-24-7-3-5-9-26(24)33(30(29)32(36)38,27-10-6-4-8-25(27)28)19-35-21-13-11-20(34)12-14-21/h3-19,28-30H,2H2,1H3/t28?,29-,30+,33?/m0/s1. The number of imide groups is 1. The molecule has 5 nitrogen and oxygen atoms in total. The molecule has 8 rings (SSSR count). The van der Waals surface area contributed by atoms with E-state index in [1.807, 2.05) is 49.5 Å². The summed E-state index contributed by atoms with van der Waals surface area (Å²) in [6, 6.07) is 30.8. The highest BCUT2D eigenvalue weighted by molar-refractivity contribution is 6.30. The van der Waals surface area contributed by atoms with Crippen LogP contribution >= 0.6 is 11.6 Å². The van der Waals surface area contributed by atoms with Crippen molar-refractivity contribution in [2.75, 3.05) is 11.5 Å². The zero-order chi connectivity index (χ0) is 26.7. The van der Waals surface area contributed by atoms with Crippen molar-refractivity contribution in [3.05, 3.63) is 124 Å². The van der Waals surface area contributed by atoms with Gasteiger partial charge >= 0.3 is 0 Å². The molecule has 39 heavy (non-hydrogen) atoms. The minimum Gasteiger partial charge on any atom is -0.494 e. The van der Waals surface area contributed by atoms with Gasteiger partial charge in [0.05, 0.1) is 35.2 Å². The smallest absolute Gasteiger partial charge is 0.239 e. The average molecular weight is 533 g/mol. The lowest BCUT2D eigenvalue weighted by Crippen LogP contribution is -2.54. The average Bonchev–Trinajstić information content (AvgIpc) is 3.24. The summed E-state index contributed by atoms with van der Waals surface area (Å²) in [5.74, 6) is -1.05. The number of rotatable bonds is 5. The number of benzene rings is 4. The number of ether oxygens (including phenoxy) is 1. The van der Waals surface area contributed by atoms with Gasteiger partial charge < -0.3 is 4.74 Å².